The fourth-order valence-electron chi connectivity index (χ4n) is 4.30. The Morgan fingerprint density at radius 3 is 1.95 bits per heavy atom. The number of halogens is 4. The lowest BCUT2D eigenvalue weighted by atomic mass is 10.0. The van der Waals surface area contributed by atoms with Crippen molar-refractivity contribution in [3.05, 3.63) is 23.5 Å². The van der Waals surface area contributed by atoms with Crippen LogP contribution in [-0.2, 0) is 0 Å². The normalized spacial score (nSPS) is 38.4. The predicted octanol–water partition coefficient (Wildman–Crippen LogP) is 3.09. The van der Waals surface area contributed by atoms with Crippen molar-refractivity contribution in [1.29, 1.82) is 0 Å². The van der Waals surface area contributed by atoms with Crippen molar-refractivity contribution in [2.45, 2.75) is 25.3 Å². The van der Waals surface area contributed by atoms with Crippen LogP contribution in [0.2, 0.25) is 0 Å². The standard InChI is InChI=1S/C13H12F4N2/c14-8-11(9(15)13(17)19-12(8)16)18-10-6-4-1-2-5(3-4)7(6)10/h4-7,10H,1-3H2,(H,18,19). The van der Waals surface area contributed by atoms with E-state index in [4.69, 9.17) is 0 Å². The summed E-state index contributed by atoms with van der Waals surface area (Å²) in [6.07, 6.45) is 3.51. The van der Waals surface area contributed by atoms with Gasteiger partial charge in [-0.05, 0) is 42.9 Å². The molecule has 4 rings (SSSR count). The van der Waals surface area contributed by atoms with E-state index in [9.17, 15) is 17.6 Å². The average Bonchev–Trinajstić information content (AvgIpc) is 2.78. The van der Waals surface area contributed by atoms with Gasteiger partial charge in [-0.1, -0.05) is 0 Å². The molecule has 0 spiro atoms. The maximum absolute atomic E-state index is 13.5. The van der Waals surface area contributed by atoms with Gasteiger partial charge >= 0.3 is 0 Å². The molecule has 0 amide bonds. The molecule has 4 unspecified atom stereocenters. The molecule has 3 saturated carbocycles. The lowest BCUT2D eigenvalue weighted by molar-refractivity contribution is 0.409. The molecule has 0 radical (unpaired) electrons. The maximum atomic E-state index is 13.5. The van der Waals surface area contributed by atoms with Gasteiger partial charge in [-0.2, -0.15) is 22.5 Å². The van der Waals surface area contributed by atoms with Crippen molar-refractivity contribution in [3.63, 3.8) is 0 Å². The Morgan fingerprint density at radius 1 is 0.895 bits per heavy atom. The summed E-state index contributed by atoms with van der Waals surface area (Å²) >= 11 is 0. The van der Waals surface area contributed by atoms with Crippen LogP contribution in [-0.4, -0.2) is 11.0 Å². The first kappa shape index (κ1) is 11.5. The van der Waals surface area contributed by atoms with E-state index in [1.54, 1.807) is 0 Å². The Bertz CT molecular complexity index is 520. The Hall–Kier alpha value is -1.33. The zero-order chi connectivity index (χ0) is 13.3. The second kappa shape index (κ2) is 3.61. The number of nitrogens with one attached hydrogen (secondary N) is 1. The van der Waals surface area contributed by atoms with E-state index in [1.165, 1.54) is 6.42 Å². The van der Waals surface area contributed by atoms with Crippen LogP contribution in [0.5, 0.6) is 0 Å². The molecular formula is C13H12F4N2. The van der Waals surface area contributed by atoms with Crippen LogP contribution in [0.4, 0.5) is 23.2 Å². The summed E-state index contributed by atoms with van der Waals surface area (Å²) in [4.78, 5) is 2.55. The van der Waals surface area contributed by atoms with Crippen molar-refractivity contribution in [2.75, 3.05) is 5.32 Å². The molecule has 3 fully saturated rings. The van der Waals surface area contributed by atoms with Gasteiger partial charge in [0.25, 0.3) is 11.9 Å². The van der Waals surface area contributed by atoms with Crippen LogP contribution in [0.15, 0.2) is 0 Å². The van der Waals surface area contributed by atoms with Gasteiger partial charge in [0.15, 0.2) is 0 Å². The fourth-order valence-corrected chi connectivity index (χ4v) is 4.30. The van der Waals surface area contributed by atoms with Gasteiger partial charge in [-0.3, -0.25) is 0 Å². The molecule has 2 bridgehead atoms. The van der Waals surface area contributed by atoms with Gasteiger partial charge in [0.2, 0.25) is 11.6 Å². The van der Waals surface area contributed by atoms with Crippen molar-refractivity contribution < 1.29 is 17.6 Å². The molecule has 0 aromatic carbocycles. The Morgan fingerprint density at radius 2 is 1.42 bits per heavy atom. The van der Waals surface area contributed by atoms with Crippen LogP contribution in [0.25, 0.3) is 0 Å². The quantitative estimate of drug-likeness (QED) is 0.661. The van der Waals surface area contributed by atoms with Crippen LogP contribution in [0.1, 0.15) is 19.3 Å². The molecule has 1 N–H and O–H groups in total. The number of nitrogens with zero attached hydrogens (tertiary/aromatic N) is 1. The number of pyridine rings is 1. The summed E-state index contributed by atoms with van der Waals surface area (Å²) in [5.41, 5.74) is -0.705. The second-order valence-electron chi connectivity index (χ2n) is 5.85. The molecule has 3 aliphatic carbocycles. The highest BCUT2D eigenvalue weighted by Gasteiger charge is 2.65. The van der Waals surface area contributed by atoms with E-state index in [1.807, 2.05) is 0 Å². The first-order chi connectivity index (χ1) is 9.08. The number of anilines is 1. The number of hydrogen-bond acceptors (Lipinski definition) is 2. The minimum absolute atomic E-state index is 0.0450. The highest BCUT2D eigenvalue weighted by atomic mass is 19.2. The van der Waals surface area contributed by atoms with E-state index >= 15 is 0 Å². The van der Waals surface area contributed by atoms with Crippen molar-refractivity contribution in [1.82, 2.24) is 4.98 Å². The fraction of sp³-hybridized carbons (Fsp3) is 0.615. The van der Waals surface area contributed by atoms with Gasteiger partial charge in [-0.15, -0.1) is 0 Å². The van der Waals surface area contributed by atoms with Crippen LogP contribution in [0, 0.1) is 47.2 Å². The summed E-state index contributed by atoms with van der Waals surface area (Å²) in [5.74, 6) is -4.03. The van der Waals surface area contributed by atoms with Crippen molar-refractivity contribution in [2.24, 2.45) is 23.7 Å². The van der Waals surface area contributed by atoms with Crippen LogP contribution in [0.3, 0.4) is 0 Å². The molecule has 0 aliphatic heterocycles. The monoisotopic (exact) mass is 272 g/mol. The number of rotatable bonds is 2. The molecule has 0 saturated heterocycles. The van der Waals surface area contributed by atoms with Gasteiger partial charge < -0.3 is 5.32 Å². The third kappa shape index (κ3) is 1.45. The van der Waals surface area contributed by atoms with Crippen LogP contribution >= 0.6 is 0 Å². The smallest absolute Gasteiger partial charge is 0.253 e. The van der Waals surface area contributed by atoms with Crippen LogP contribution < -0.4 is 5.32 Å². The third-order valence-electron chi connectivity index (χ3n) is 5.04. The Kier molecular flexibility index (Phi) is 2.18. The summed E-state index contributed by atoms with van der Waals surface area (Å²) in [7, 11) is 0. The SMILES string of the molecule is Fc1nc(F)c(F)c(NC2C3C4CCC(C4)C23)c1F. The van der Waals surface area contributed by atoms with E-state index in [0.29, 0.717) is 23.7 Å². The average molecular weight is 272 g/mol. The zero-order valence-corrected chi connectivity index (χ0v) is 9.97. The lowest BCUT2D eigenvalue weighted by Gasteiger charge is -2.13. The summed E-state index contributed by atoms with van der Waals surface area (Å²) in [5, 5.41) is 2.67. The molecule has 6 heteroatoms. The number of fused-ring (bicyclic) bond motifs is 5. The van der Waals surface area contributed by atoms with Gasteiger partial charge in [0.1, 0.15) is 5.69 Å². The highest BCUT2D eigenvalue weighted by molar-refractivity contribution is 5.49. The molecular weight excluding hydrogens is 260 g/mol. The lowest BCUT2D eigenvalue weighted by Crippen LogP contribution is -2.16. The second-order valence-corrected chi connectivity index (χ2v) is 5.85. The largest absolute Gasteiger partial charge is 0.377 e. The molecule has 19 heavy (non-hydrogen) atoms. The molecule has 1 heterocycles. The molecule has 2 nitrogen and oxygen atoms in total. The van der Waals surface area contributed by atoms with E-state index in [2.05, 4.69) is 10.3 Å². The van der Waals surface area contributed by atoms with Crippen molar-refractivity contribution in [3.8, 4) is 0 Å². The molecule has 1 aromatic heterocycles. The molecule has 4 atom stereocenters. The van der Waals surface area contributed by atoms with Crippen molar-refractivity contribution >= 4 is 5.69 Å². The predicted molar refractivity (Wildman–Crippen MR) is 59.3 cm³/mol. The Balaban J connectivity index is 1.62. The maximum Gasteiger partial charge on any atom is 0.253 e. The van der Waals surface area contributed by atoms with Gasteiger partial charge in [0, 0.05) is 6.04 Å². The molecule has 102 valence electrons. The minimum atomic E-state index is -1.60. The van der Waals surface area contributed by atoms with E-state index in [-0.39, 0.29) is 6.04 Å². The summed E-state index contributed by atoms with van der Waals surface area (Å²) in [6, 6.07) is -0.0450. The first-order valence-corrected chi connectivity index (χ1v) is 6.54. The summed E-state index contributed by atoms with van der Waals surface area (Å²) < 4.78 is 53.0. The number of hydrogen-bond donors (Lipinski definition) is 1. The molecule has 1 aromatic rings. The number of aromatic nitrogens is 1. The first-order valence-electron chi connectivity index (χ1n) is 6.54. The van der Waals surface area contributed by atoms with E-state index in [0.717, 1.165) is 12.8 Å². The topological polar surface area (TPSA) is 24.9 Å². The van der Waals surface area contributed by atoms with Gasteiger partial charge in [-0.25, -0.2) is 0 Å². The highest BCUT2D eigenvalue weighted by Crippen LogP contribution is 2.66. The zero-order valence-electron chi connectivity index (χ0n) is 9.97. The van der Waals surface area contributed by atoms with E-state index < -0.39 is 29.2 Å². The molecule has 3 aliphatic rings. The van der Waals surface area contributed by atoms with Gasteiger partial charge in [0.05, 0.1) is 0 Å². The summed E-state index contributed by atoms with van der Waals surface area (Å²) in [6.45, 7) is 0. The minimum Gasteiger partial charge on any atom is -0.377 e. The third-order valence-corrected chi connectivity index (χ3v) is 5.04. The Labute approximate surface area is 107 Å².